The number of methoxy groups -OCH3 is 1. The van der Waals surface area contributed by atoms with Crippen LogP contribution in [-0.2, 0) is 9.59 Å². The van der Waals surface area contributed by atoms with E-state index < -0.39 is 5.72 Å². The van der Waals surface area contributed by atoms with Gasteiger partial charge in [0.25, 0.3) is 11.8 Å². The number of allylic oxidation sites excluding steroid dienone is 3. The Morgan fingerprint density at radius 2 is 1.81 bits per heavy atom. The van der Waals surface area contributed by atoms with Crippen molar-refractivity contribution in [2.45, 2.75) is 59.2 Å². The van der Waals surface area contributed by atoms with Crippen molar-refractivity contribution >= 4 is 39.3 Å². The number of hydrogen-bond donors (Lipinski definition) is 1. The van der Waals surface area contributed by atoms with Gasteiger partial charge in [-0.2, -0.15) is 0 Å². The molecule has 3 atom stereocenters. The molecule has 0 bridgehead atoms. The lowest BCUT2D eigenvalue weighted by Crippen LogP contribution is -2.61. The van der Waals surface area contributed by atoms with Crippen LogP contribution in [0.1, 0.15) is 47.5 Å². The summed E-state index contributed by atoms with van der Waals surface area (Å²) in [4.78, 5) is 34.1. The van der Waals surface area contributed by atoms with E-state index in [1.807, 2.05) is 75.4 Å². The Labute approximate surface area is 228 Å². The Hall–Kier alpha value is -2.97. The van der Waals surface area contributed by atoms with Crippen LogP contribution >= 0.6 is 15.9 Å². The number of carbonyl (C=O) groups is 2. The molecule has 37 heavy (non-hydrogen) atoms. The van der Waals surface area contributed by atoms with E-state index in [1.54, 1.807) is 25.9 Å². The number of aliphatic imine (C=N–C) groups is 1. The summed E-state index contributed by atoms with van der Waals surface area (Å²) in [5.41, 5.74) is 0.306. The minimum atomic E-state index is -1.27. The summed E-state index contributed by atoms with van der Waals surface area (Å²) < 4.78 is 5.93. The summed E-state index contributed by atoms with van der Waals surface area (Å²) in [6.45, 7) is 9.58. The molecule has 0 spiro atoms. The average Bonchev–Trinajstić information content (AvgIpc) is 3.11. The number of aliphatic hydroxyl groups is 1. The molecule has 2 heterocycles. The van der Waals surface area contributed by atoms with Crippen molar-refractivity contribution in [2.75, 3.05) is 18.6 Å². The number of amidine groups is 1. The second-order valence-corrected chi connectivity index (χ2v) is 9.79. The van der Waals surface area contributed by atoms with Crippen LogP contribution in [0.5, 0.6) is 5.75 Å². The molecule has 0 fully saturated rings. The maximum Gasteiger partial charge on any atom is 0.262 e. The summed E-state index contributed by atoms with van der Waals surface area (Å²) >= 11 is 3.45. The van der Waals surface area contributed by atoms with Gasteiger partial charge < -0.3 is 14.7 Å². The Bertz CT molecular complexity index is 1180. The van der Waals surface area contributed by atoms with Crippen molar-refractivity contribution in [1.29, 1.82) is 0 Å². The number of amides is 2. The average molecular weight is 571 g/mol. The minimum absolute atomic E-state index is 0.156. The fourth-order valence-electron chi connectivity index (χ4n) is 4.86. The lowest BCUT2D eigenvalue weighted by Gasteiger charge is -2.49. The number of halogens is 1. The van der Waals surface area contributed by atoms with E-state index in [9.17, 15) is 14.7 Å². The SMILES string of the molecule is CC.CC/C=C(/Br)C1=C(C)C(=O)N(CCC2=NC3C=CC=CC3C(C)(O)N2c2ccc(OC)cc2)C1=O. The van der Waals surface area contributed by atoms with Crippen LogP contribution in [0.15, 0.2) is 75.3 Å². The van der Waals surface area contributed by atoms with Crippen LogP contribution in [0.25, 0.3) is 0 Å². The molecule has 3 aliphatic rings. The lowest BCUT2D eigenvalue weighted by molar-refractivity contribution is -0.137. The van der Waals surface area contributed by atoms with Crippen LogP contribution in [0.3, 0.4) is 0 Å². The molecule has 8 heteroatoms. The highest BCUT2D eigenvalue weighted by Crippen LogP contribution is 2.39. The maximum atomic E-state index is 13.1. The molecule has 2 amide bonds. The zero-order valence-corrected chi connectivity index (χ0v) is 23.9. The number of rotatable bonds is 7. The van der Waals surface area contributed by atoms with E-state index >= 15 is 0 Å². The first-order chi connectivity index (χ1) is 17.7. The van der Waals surface area contributed by atoms with E-state index in [2.05, 4.69) is 15.9 Å². The number of benzene rings is 1. The van der Waals surface area contributed by atoms with E-state index in [-0.39, 0.29) is 30.3 Å². The quantitative estimate of drug-likeness (QED) is 0.437. The first-order valence-corrected chi connectivity index (χ1v) is 13.5. The number of imide groups is 1. The van der Waals surface area contributed by atoms with Gasteiger partial charge in [0.15, 0.2) is 0 Å². The normalized spacial score (nSPS) is 25.2. The summed E-state index contributed by atoms with van der Waals surface area (Å²) in [5, 5.41) is 11.8. The molecule has 3 unspecified atom stereocenters. The third-order valence-electron chi connectivity index (χ3n) is 6.66. The van der Waals surface area contributed by atoms with E-state index in [0.29, 0.717) is 33.6 Å². The van der Waals surface area contributed by atoms with Gasteiger partial charge in [0.1, 0.15) is 17.3 Å². The molecule has 1 aromatic rings. The highest BCUT2D eigenvalue weighted by molar-refractivity contribution is 9.12. The predicted octanol–water partition coefficient (Wildman–Crippen LogP) is 5.52. The molecule has 0 saturated heterocycles. The largest absolute Gasteiger partial charge is 0.497 e. The van der Waals surface area contributed by atoms with Crippen molar-refractivity contribution in [3.63, 3.8) is 0 Å². The van der Waals surface area contributed by atoms with Gasteiger partial charge in [-0.25, -0.2) is 0 Å². The van der Waals surface area contributed by atoms with Crippen LogP contribution in [0.4, 0.5) is 5.69 Å². The van der Waals surface area contributed by atoms with Gasteiger partial charge in [-0.05, 0) is 44.5 Å². The Morgan fingerprint density at radius 1 is 1.16 bits per heavy atom. The maximum absolute atomic E-state index is 13.1. The number of anilines is 1. The standard InChI is InChI=1S/C27H30BrN3O4.C2H6/c1-5-8-21(28)24-17(2)25(32)30(26(24)33)16-15-23-29-22-10-7-6-9-20(22)27(3,34)31(23)18-11-13-19(35-4)14-12-18;1-2/h6-14,20,22,34H,5,15-16H2,1-4H3;1-2H3/b21-8+;. The van der Waals surface area contributed by atoms with Crippen molar-refractivity contribution < 1.29 is 19.4 Å². The molecule has 0 radical (unpaired) electrons. The molecule has 198 valence electrons. The second kappa shape index (κ2) is 12.0. The van der Waals surface area contributed by atoms with E-state index in [1.165, 1.54) is 4.90 Å². The molecular weight excluding hydrogens is 534 g/mol. The molecule has 2 aliphatic heterocycles. The number of nitrogens with zero attached hydrogens (tertiary/aromatic N) is 3. The summed E-state index contributed by atoms with van der Waals surface area (Å²) in [6.07, 6.45) is 10.7. The minimum Gasteiger partial charge on any atom is -0.497 e. The van der Waals surface area contributed by atoms with Crippen molar-refractivity contribution in [3.8, 4) is 5.75 Å². The molecule has 1 aromatic carbocycles. The molecule has 1 aliphatic carbocycles. The van der Waals surface area contributed by atoms with Crippen molar-refractivity contribution in [1.82, 2.24) is 4.90 Å². The Morgan fingerprint density at radius 3 is 2.43 bits per heavy atom. The van der Waals surface area contributed by atoms with Gasteiger partial charge >= 0.3 is 0 Å². The molecule has 1 N–H and O–H groups in total. The first kappa shape index (κ1) is 28.6. The van der Waals surface area contributed by atoms with Crippen molar-refractivity contribution in [3.05, 3.63) is 70.3 Å². The van der Waals surface area contributed by atoms with Gasteiger partial charge in [0.2, 0.25) is 0 Å². The van der Waals surface area contributed by atoms with Gasteiger partial charge in [-0.15, -0.1) is 0 Å². The zero-order valence-electron chi connectivity index (χ0n) is 22.4. The van der Waals surface area contributed by atoms with Crippen LogP contribution < -0.4 is 9.64 Å². The Balaban J connectivity index is 0.00000186. The molecule has 0 saturated carbocycles. The zero-order chi connectivity index (χ0) is 27.3. The fraction of sp³-hybridized carbons (Fsp3) is 0.414. The van der Waals surface area contributed by atoms with Gasteiger partial charge in [-0.1, -0.05) is 67.1 Å². The second-order valence-electron chi connectivity index (χ2n) is 8.93. The first-order valence-electron chi connectivity index (χ1n) is 12.7. The van der Waals surface area contributed by atoms with Crippen molar-refractivity contribution in [2.24, 2.45) is 10.9 Å². The van der Waals surface area contributed by atoms with E-state index in [4.69, 9.17) is 9.73 Å². The topological polar surface area (TPSA) is 82.4 Å². The van der Waals surface area contributed by atoms with E-state index in [0.717, 1.165) is 12.1 Å². The molecular formula is C29H36BrN3O4. The summed E-state index contributed by atoms with van der Waals surface area (Å²) in [6, 6.07) is 7.16. The third-order valence-corrected chi connectivity index (χ3v) is 7.38. The number of ether oxygens (including phenoxy) is 1. The monoisotopic (exact) mass is 569 g/mol. The molecule has 0 aromatic heterocycles. The number of fused-ring (bicyclic) bond motifs is 1. The number of carbonyl (C=O) groups excluding carboxylic acids is 2. The van der Waals surface area contributed by atoms with Crippen LogP contribution in [0, 0.1) is 5.92 Å². The van der Waals surface area contributed by atoms with Gasteiger partial charge in [0.05, 0.1) is 24.6 Å². The lowest BCUT2D eigenvalue weighted by atomic mass is 9.83. The van der Waals surface area contributed by atoms with Crippen LogP contribution in [-0.4, -0.2) is 53.1 Å². The molecule has 4 rings (SSSR count). The smallest absolute Gasteiger partial charge is 0.262 e. The Kier molecular flexibility index (Phi) is 9.31. The number of hydrogen-bond acceptors (Lipinski definition) is 6. The summed E-state index contributed by atoms with van der Waals surface area (Å²) in [7, 11) is 1.60. The highest BCUT2D eigenvalue weighted by atomic mass is 79.9. The third kappa shape index (κ3) is 5.50. The molecule has 7 nitrogen and oxygen atoms in total. The van der Waals surface area contributed by atoms with Gasteiger partial charge in [0, 0.05) is 28.7 Å². The van der Waals surface area contributed by atoms with Gasteiger partial charge in [-0.3, -0.25) is 19.5 Å². The predicted molar refractivity (Wildman–Crippen MR) is 152 cm³/mol. The summed E-state index contributed by atoms with van der Waals surface area (Å²) in [5.74, 6) is 0.441. The van der Waals surface area contributed by atoms with Crippen LogP contribution in [0.2, 0.25) is 0 Å². The highest BCUT2D eigenvalue weighted by Gasteiger charge is 2.47. The fourth-order valence-corrected chi connectivity index (χ4v) is 5.65.